The van der Waals surface area contributed by atoms with E-state index in [1.807, 2.05) is 0 Å². The maximum Gasteiger partial charge on any atom is 0.145 e. The molecule has 0 saturated heterocycles. The Morgan fingerprint density at radius 2 is 1.80 bits per heavy atom. The van der Waals surface area contributed by atoms with Gasteiger partial charge in [-0.15, -0.1) is 0 Å². The average molecular weight is 214 g/mol. The molecule has 0 bridgehead atoms. The molecular weight excluding hydrogens is 192 g/mol. The van der Waals surface area contributed by atoms with Gasteiger partial charge in [0.25, 0.3) is 0 Å². The molecule has 3 heteroatoms. The van der Waals surface area contributed by atoms with E-state index < -0.39 is 0 Å². The molecule has 2 unspecified atom stereocenters. The van der Waals surface area contributed by atoms with Crippen molar-refractivity contribution >= 4 is 6.29 Å². The Bertz CT molecular complexity index is 196. The van der Waals surface area contributed by atoms with Crippen molar-refractivity contribution in [2.75, 3.05) is 6.61 Å². The van der Waals surface area contributed by atoms with Gasteiger partial charge in [0.05, 0.1) is 17.8 Å². The Morgan fingerprint density at radius 1 is 1.20 bits per heavy atom. The lowest BCUT2D eigenvalue weighted by Crippen LogP contribution is -2.40. The second-order valence-electron chi connectivity index (χ2n) is 5.09. The van der Waals surface area contributed by atoms with Gasteiger partial charge in [-0.05, 0) is 33.6 Å². The number of aldehydes is 1. The van der Waals surface area contributed by atoms with Gasteiger partial charge in [-0.25, -0.2) is 0 Å². The molecule has 1 aliphatic rings. The third kappa shape index (κ3) is 4.76. The largest absolute Gasteiger partial charge is 0.370 e. The molecule has 0 aromatic rings. The Balaban J connectivity index is 2.45. The summed E-state index contributed by atoms with van der Waals surface area (Å²) in [7, 11) is 0. The highest BCUT2D eigenvalue weighted by atomic mass is 16.6. The van der Waals surface area contributed by atoms with Gasteiger partial charge in [0, 0.05) is 0 Å². The van der Waals surface area contributed by atoms with Crippen LogP contribution in [0.15, 0.2) is 0 Å². The molecule has 0 N–H and O–H groups in total. The van der Waals surface area contributed by atoms with Crippen LogP contribution in [0.3, 0.4) is 0 Å². The quantitative estimate of drug-likeness (QED) is 0.674. The smallest absolute Gasteiger partial charge is 0.145 e. The van der Waals surface area contributed by atoms with E-state index in [0.29, 0.717) is 0 Å². The van der Waals surface area contributed by atoms with Crippen molar-refractivity contribution in [1.82, 2.24) is 0 Å². The molecule has 88 valence electrons. The summed E-state index contributed by atoms with van der Waals surface area (Å²) in [6.45, 7) is 6.35. The highest BCUT2D eigenvalue weighted by Crippen LogP contribution is 2.27. The number of carbonyl (C=O) groups is 1. The molecule has 0 amide bonds. The fourth-order valence-corrected chi connectivity index (χ4v) is 2.01. The molecule has 1 rings (SSSR count). The van der Waals surface area contributed by atoms with Crippen LogP contribution in [0.5, 0.6) is 0 Å². The van der Waals surface area contributed by atoms with Crippen molar-refractivity contribution in [1.29, 1.82) is 0 Å². The van der Waals surface area contributed by atoms with Gasteiger partial charge >= 0.3 is 0 Å². The maximum atomic E-state index is 10.3. The van der Waals surface area contributed by atoms with Crippen LogP contribution in [-0.4, -0.2) is 30.7 Å². The fraction of sp³-hybridized carbons (Fsp3) is 0.917. The van der Waals surface area contributed by atoms with Crippen LogP contribution < -0.4 is 0 Å². The Hall–Kier alpha value is -0.410. The topological polar surface area (TPSA) is 35.5 Å². The van der Waals surface area contributed by atoms with Crippen LogP contribution in [-0.2, 0) is 14.3 Å². The average Bonchev–Trinajstić information content (AvgIpc) is 2.14. The van der Waals surface area contributed by atoms with E-state index >= 15 is 0 Å². The fourth-order valence-electron chi connectivity index (χ4n) is 2.01. The van der Waals surface area contributed by atoms with Crippen molar-refractivity contribution in [3.8, 4) is 0 Å². The highest BCUT2D eigenvalue weighted by Gasteiger charge is 2.29. The minimum atomic E-state index is -0.134. The van der Waals surface area contributed by atoms with Gasteiger partial charge in [0.2, 0.25) is 0 Å². The molecule has 0 spiro atoms. The second kappa shape index (κ2) is 5.61. The molecule has 1 saturated carbocycles. The molecule has 1 fully saturated rings. The highest BCUT2D eigenvalue weighted by molar-refractivity contribution is 5.50. The molecule has 3 nitrogen and oxygen atoms in total. The summed E-state index contributed by atoms with van der Waals surface area (Å²) in [6, 6.07) is 0. The van der Waals surface area contributed by atoms with E-state index in [2.05, 4.69) is 20.8 Å². The van der Waals surface area contributed by atoms with Gasteiger partial charge in [-0.1, -0.05) is 12.8 Å². The van der Waals surface area contributed by atoms with E-state index in [0.717, 1.165) is 19.1 Å². The molecule has 0 heterocycles. The second-order valence-corrected chi connectivity index (χ2v) is 5.09. The molecule has 1 aliphatic carbocycles. The molecule has 0 radical (unpaired) electrons. The molecular formula is C12H22O3. The predicted octanol–water partition coefficient (Wildman–Crippen LogP) is 2.33. The summed E-state index contributed by atoms with van der Waals surface area (Å²) in [6.07, 6.45) is 5.48. The van der Waals surface area contributed by atoms with Crippen LogP contribution >= 0.6 is 0 Å². The minimum Gasteiger partial charge on any atom is -0.370 e. The van der Waals surface area contributed by atoms with Crippen molar-refractivity contribution in [3.63, 3.8) is 0 Å². The van der Waals surface area contributed by atoms with Crippen LogP contribution in [0.1, 0.15) is 46.5 Å². The summed E-state index contributed by atoms with van der Waals surface area (Å²) in [5.41, 5.74) is -0.134. The van der Waals surface area contributed by atoms with Crippen LogP contribution in [0.4, 0.5) is 0 Å². The van der Waals surface area contributed by atoms with Crippen LogP contribution in [0.25, 0.3) is 0 Å². The van der Waals surface area contributed by atoms with E-state index in [4.69, 9.17) is 9.47 Å². The van der Waals surface area contributed by atoms with Crippen molar-refractivity contribution < 1.29 is 14.3 Å². The maximum absolute atomic E-state index is 10.3. The third-order valence-electron chi connectivity index (χ3n) is 2.53. The normalized spacial score (nSPS) is 27.7. The molecule has 0 aliphatic heterocycles. The zero-order valence-corrected chi connectivity index (χ0v) is 9.99. The number of hydrogen-bond acceptors (Lipinski definition) is 3. The first-order valence-corrected chi connectivity index (χ1v) is 5.76. The zero-order chi connectivity index (χ0) is 11.3. The van der Waals surface area contributed by atoms with E-state index in [-0.39, 0.29) is 24.4 Å². The molecule has 15 heavy (non-hydrogen) atoms. The lowest BCUT2D eigenvalue weighted by molar-refractivity contribution is -0.146. The number of hydrogen-bond donors (Lipinski definition) is 0. The summed E-state index contributed by atoms with van der Waals surface area (Å²) >= 11 is 0. The minimum absolute atomic E-state index is 0.100. The molecule has 0 aromatic heterocycles. The predicted molar refractivity (Wildman–Crippen MR) is 58.9 cm³/mol. The summed E-state index contributed by atoms with van der Waals surface area (Å²) < 4.78 is 11.4. The van der Waals surface area contributed by atoms with Crippen LogP contribution in [0.2, 0.25) is 0 Å². The zero-order valence-electron chi connectivity index (χ0n) is 9.99. The first kappa shape index (κ1) is 12.7. The lowest BCUT2D eigenvalue weighted by atomic mass is 9.94. The summed E-state index contributed by atoms with van der Waals surface area (Å²) in [5.74, 6) is 0. The molecule has 0 aromatic carbocycles. The van der Waals surface area contributed by atoms with Gasteiger partial charge in [-0.2, -0.15) is 0 Å². The van der Waals surface area contributed by atoms with E-state index in [1.54, 1.807) is 0 Å². The summed E-state index contributed by atoms with van der Waals surface area (Å²) in [4.78, 5) is 10.3. The van der Waals surface area contributed by atoms with E-state index in [1.165, 1.54) is 12.8 Å². The Morgan fingerprint density at radius 3 is 2.33 bits per heavy atom. The van der Waals surface area contributed by atoms with Gasteiger partial charge in [0.1, 0.15) is 12.9 Å². The van der Waals surface area contributed by atoms with Crippen molar-refractivity contribution in [3.05, 3.63) is 0 Å². The Kier molecular flexibility index (Phi) is 4.74. The summed E-state index contributed by atoms with van der Waals surface area (Å²) in [5, 5.41) is 0. The van der Waals surface area contributed by atoms with Crippen LogP contribution in [0, 0.1) is 0 Å². The third-order valence-corrected chi connectivity index (χ3v) is 2.53. The van der Waals surface area contributed by atoms with Crippen molar-refractivity contribution in [2.24, 2.45) is 0 Å². The standard InChI is InChI=1S/C12H22O3/c1-12(2,3)15-11-7-5-4-6-10(11)14-9-8-13/h8,10-11H,4-7,9H2,1-3H3. The van der Waals surface area contributed by atoms with Gasteiger partial charge in [0.15, 0.2) is 0 Å². The van der Waals surface area contributed by atoms with Gasteiger partial charge < -0.3 is 14.3 Å². The monoisotopic (exact) mass is 214 g/mol. The molecule has 2 atom stereocenters. The first-order valence-electron chi connectivity index (χ1n) is 5.76. The van der Waals surface area contributed by atoms with Crippen molar-refractivity contribution in [2.45, 2.75) is 64.3 Å². The first-order chi connectivity index (χ1) is 7.03. The Labute approximate surface area is 92.1 Å². The number of carbonyl (C=O) groups excluding carboxylic acids is 1. The number of rotatable bonds is 4. The lowest BCUT2D eigenvalue weighted by Gasteiger charge is -2.35. The van der Waals surface area contributed by atoms with E-state index in [9.17, 15) is 4.79 Å². The SMILES string of the molecule is CC(C)(C)OC1CCCCC1OCC=O. The van der Waals surface area contributed by atoms with Gasteiger partial charge in [-0.3, -0.25) is 0 Å². The number of ether oxygens (including phenoxy) is 2.